The third-order valence-corrected chi connectivity index (χ3v) is 4.11. The third kappa shape index (κ3) is 2.44. The molecule has 3 rings (SSSR count). The first-order valence-electron chi connectivity index (χ1n) is 6.37. The fourth-order valence-corrected chi connectivity index (χ4v) is 3.03. The van der Waals surface area contributed by atoms with Crippen molar-refractivity contribution in [1.29, 1.82) is 0 Å². The van der Waals surface area contributed by atoms with Gasteiger partial charge in [0.1, 0.15) is 0 Å². The second-order valence-electron chi connectivity index (χ2n) is 4.79. The third-order valence-electron chi connectivity index (χ3n) is 3.21. The molecule has 2 aromatic heterocycles. The molecular weight excluding hydrogens is 270 g/mol. The Morgan fingerprint density at radius 2 is 2.25 bits per heavy atom. The van der Waals surface area contributed by atoms with E-state index in [2.05, 4.69) is 9.97 Å². The summed E-state index contributed by atoms with van der Waals surface area (Å²) >= 11 is 1.62. The lowest BCUT2D eigenvalue weighted by molar-refractivity contribution is 0.0786. The van der Waals surface area contributed by atoms with Gasteiger partial charge in [0, 0.05) is 35.4 Å². The zero-order valence-corrected chi connectivity index (χ0v) is 12.2. The lowest BCUT2D eigenvalue weighted by atomic mass is 10.1. The van der Waals surface area contributed by atoms with Gasteiger partial charge in [-0.25, -0.2) is 4.98 Å². The molecule has 3 aromatic rings. The number of carbonyl (C=O) groups is 1. The second kappa shape index (κ2) is 5.09. The van der Waals surface area contributed by atoms with Crippen LogP contribution in [0.5, 0.6) is 0 Å². The van der Waals surface area contributed by atoms with Crippen LogP contribution in [0.3, 0.4) is 0 Å². The van der Waals surface area contributed by atoms with Crippen LogP contribution in [0.25, 0.3) is 10.9 Å². The number of nitrogens with one attached hydrogen (secondary N) is 1. The van der Waals surface area contributed by atoms with E-state index >= 15 is 0 Å². The van der Waals surface area contributed by atoms with Crippen LogP contribution in [-0.4, -0.2) is 27.8 Å². The van der Waals surface area contributed by atoms with Gasteiger partial charge in [0.25, 0.3) is 5.91 Å². The number of thiazole rings is 1. The van der Waals surface area contributed by atoms with E-state index in [4.69, 9.17) is 0 Å². The molecule has 2 heterocycles. The van der Waals surface area contributed by atoms with Gasteiger partial charge in [0.15, 0.2) is 0 Å². The molecule has 0 aliphatic heterocycles. The molecule has 5 heteroatoms. The maximum absolute atomic E-state index is 12.4. The van der Waals surface area contributed by atoms with Crippen LogP contribution in [0.1, 0.15) is 20.2 Å². The molecule has 0 aliphatic carbocycles. The van der Waals surface area contributed by atoms with Gasteiger partial charge in [0.05, 0.1) is 11.6 Å². The number of benzene rings is 1. The van der Waals surface area contributed by atoms with Gasteiger partial charge in [-0.05, 0) is 30.5 Å². The van der Waals surface area contributed by atoms with E-state index in [0.717, 1.165) is 20.8 Å². The molecule has 1 amide bonds. The molecule has 0 unspecified atom stereocenters. The predicted octanol–water partition coefficient (Wildman–Crippen LogP) is 3.21. The van der Waals surface area contributed by atoms with Crippen LogP contribution in [0.15, 0.2) is 36.7 Å². The van der Waals surface area contributed by atoms with E-state index in [1.165, 1.54) is 0 Å². The highest BCUT2D eigenvalue weighted by atomic mass is 32.1. The number of hydrogen-bond donors (Lipinski definition) is 1. The number of hydrogen-bond acceptors (Lipinski definition) is 3. The number of aromatic nitrogens is 2. The van der Waals surface area contributed by atoms with Gasteiger partial charge in [-0.1, -0.05) is 6.07 Å². The molecule has 102 valence electrons. The topological polar surface area (TPSA) is 49.0 Å². The summed E-state index contributed by atoms with van der Waals surface area (Å²) < 4.78 is 0. The van der Waals surface area contributed by atoms with Gasteiger partial charge in [-0.2, -0.15) is 0 Å². The Labute approximate surface area is 121 Å². The smallest absolute Gasteiger partial charge is 0.253 e. The first-order chi connectivity index (χ1) is 9.63. The molecular formula is C15H15N3OS. The number of rotatable bonds is 3. The predicted molar refractivity (Wildman–Crippen MR) is 80.9 cm³/mol. The lowest BCUT2D eigenvalue weighted by Crippen LogP contribution is -2.25. The van der Waals surface area contributed by atoms with Crippen molar-refractivity contribution >= 4 is 28.1 Å². The fraction of sp³-hybridized carbons (Fsp3) is 0.200. The zero-order chi connectivity index (χ0) is 14.1. The number of aromatic amines is 1. The van der Waals surface area contributed by atoms with E-state index in [0.29, 0.717) is 12.1 Å². The minimum absolute atomic E-state index is 0.0209. The van der Waals surface area contributed by atoms with Crippen LogP contribution >= 0.6 is 11.3 Å². The number of nitrogens with zero attached hydrogens (tertiary/aromatic N) is 2. The average Bonchev–Trinajstić information content (AvgIpc) is 3.05. The molecule has 0 aliphatic rings. The molecule has 1 N–H and O–H groups in total. The monoisotopic (exact) mass is 285 g/mol. The molecule has 0 bridgehead atoms. The van der Waals surface area contributed by atoms with Crippen molar-refractivity contribution in [2.45, 2.75) is 13.5 Å². The Morgan fingerprint density at radius 3 is 3.00 bits per heavy atom. The highest BCUT2D eigenvalue weighted by molar-refractivity contribution is 7.11. The standard InChI is InChI=1S/C15H15N3OS/c1-10-17-8-13(20-10)9-18(2)15(19)12-4-3-11-5-6-16-14(11)7-12/h3-8,16H,9H2,1-2H3. The van der Waals surface area contributed by atoms with E-state index in [9.17, 15) is 4.79 Å². The summed E-state index contributed by atoms with van der Waals surface area (Å²) in [5.74, 6) is 0.0209. The Morgan fingerprint density at radius 1 is 1.40 bits per heavy atom. The minimum Gasteiger partial charge on any atom is -0.361 e. The SMILES string of the molecule is Cc1ncc(CN(C)C(=O)c2ccc3cc[nH]c3c2)s1. The van der Waals surface area contributed by atoms with Gasteiger partial charge >= 0.3 is 0 Å². The normalized spacial score (nSPS) is 10.9. The van der Waals surface area contributed by atoms with Crippen LogP contribution in [0.2, 0.25) is 0 Å². The van der Waals surface area contributed by atoms with Crippen molar-refractivity contribution in [3.05, 3.63) is 52.1 Å². The number of aryl methyl sites for hydroxylation is 1. The molecule has 0 saturated heterocycles. The first-order valence-corrected chi connectivity index (χ1v) is 7.19. The molecule has 0 fully saturated rings. The Balaban J connectivity index is 1.80. The van der Waals surface area contributed by atoms with Crippen LogP contribution in [0, 0.1) is 6.92 Å². The summed E-state index contributed by atoms with van der Waals surface area (Å²) in [6, 6.07) is 7.72. The van der Waals surface area contributed by atoms with Crippen molar-refractivity contribution in [3.8, 4) is 0 Å². The minimum atomic E-state index is 0.0209. The summed E-state index contributed by atoms with van der Waals surface area (Å²) in [5.41, 5.74) is 1.68. The van der Waals surface area contributed by atoms with Crippen LogP contribution < -0.4 is 0 Å². The quantitative estimate of drug-likeness (QED) is 0.803. The maximum Gasteiger partial charge on any atom is 0.253 e. The van der Waals surface area contributed by atoms with Crippen molar-refractivity contribution in [2.24, 2.45) is 0 Å². The van der Waals surface area contributed by atoms with E-state index in [1.54, 1.807) is 16.2 Å². The highest BCUT2D eigenvalue weighted by Crippen LogP contribution is 2.18. The summed E-state index contributed by atoms with van der Waals surface area (Å²) in [6.07, 6.45) is 3.71. The summed E-state index contributed by atoms with van der Waals surface area (Å²) in [6.45, 7) is 2.56. The molecule has 0 saturated carbocycles. The first kappa shape index (κ1) is 12.9. The average molecular weight is 285 g/mol. The van der Waals surface area contributed by atoms with E-state index in [-0.39, 0.29) is 5.91 Å². The number of amides is 1. The van der Waals surface area contributed by atoms with Gasteiger partial charge < -0.3 is 9.88 Å². The Hall–Kier alpha value is -2.14. The van der Waals surface area contributed by atoms with Crippen LogP contribution in [0.4, 0.5) is 0 Å². The van der Waals surface area contributed by atoms with Crippen molar-refractivity contribution in [3.63, 3.8) is 0 Å². The largest absolute Gasteiger partial charge is 0.361 e. The summed E-state index contributed by atoms with van der Waals surface area (Å²) in [7, 11) is 1.82. The molecule has 1 aromatic carbocycles. The highest BCUT2D eigenvalue weighted by Gasteiger charge is 2.13. The number of fused-ring (bicyclic) bond motifs is 1. The second-order valence-corrected chi connectivity index (χ2v) is 6.11. The van der Waals surface area contributed by atoms with Gasteiger partial charge in [0.2, 0.25) is 0 Å². The maximum atomic E-state index is 12.4. The molecule has 0 radical (unpaired) electrons. The van der Waals surface area contributed by atoms with Crippen molar-refractivity contribution < 1.29 is 4.79 Å². The van der Waals surface area contributed by atoms with Crippen LogP contribution in [-0.2, 0) is 6.54 Å². The fourth-order valence-electron chi connectivity index (χ4n) is 2.19. The van der Waals surface area contributed by atoms with E-state index in [1.807, 2.05) is 50.6 Å². The lowest BCUT2D eigenvalue weighted by Gasteiger charge is -2.16. The Bertz CT molecular complexity index is 759. The number of carbonyl (C=O) groups excluding carboxylic acids is 1. The summed E-state index contributed by atoms with van der Waals surface area (Å²) in [4.78, 5) is 22.6. The van der Waals surface area contributed by atoms with Crippen molar-refractivity contribution in [1.82, 2.24) is 14.9 Å². The molecule has 0 spiro atoms. The molecule has 0 atom stereocenters. The van der Waals surface area contributed by atoms with Gasteiger partial charge in [-0.3, -0.25) is 4.79 Å². The number of H-pyrrole nitrogens is 1. The van der Waals surface area contributed by atoms with Crippen molar-refractivity contribution in [2.75, 3.05) is 7.05 Å². The van der Waals surface area contributed by atoms with Gasteiger partial charge in [-0.15, -0.1) is 11.3 Å². The molecule has 4 nitrogen and oxygen atoms in total. The Kier molecular flexibility index (Phi) is 3.28. The molecule has 20 heavy (non-hydrogen) atoms. The van der Waals surface area contributed by atoms with E-state index < -0.39 is 0 Å². The summed E-state index contributed by atoms with van der Waals surface area (Å²) in [5, 5.41) is 2.14. The zero-order valence-electron chi connectivity index (χ0n) is 11.4.